The van der Waals surface area contributed by atoms with E-state index in [0.29, 0.717) is 23.7 Å². The lowest BCUT2D eigenvalue weighted by Gasteiger charge is -2.61. The van der Waals surface area contributed by atoms with Gasteiger partial charge in [-0.15, -0.1) is 0 Å². The first-order valence-corrected chi connectivity index (χ1v) is 13.3. The van der Waals surface area contributed by atoms with E-state index in [4.69, 9.17) is 9.47 Å². The number of aliphatic hydroxyl groups excluding tert-OH is 2. The van der Waals surface area contributed by atoms with Crippen molar-refractivity contribution in [3.05, 3.63) is 0 Å². The van der Waals surface area contributed by atoms with Crippen molar-refractivity contribution < 1.29 is 24.5 Å². The predicted octanol–water partition coefficient (Wildman–Crippen LogP) is 3.94. The van der Waals surface area contributed by atoms with Gasteiger partial charge in [-0.25, -0.2) is 0 Å². The molecule has 0 aromatic carbocycles. The Balaban J connectivity index is 1.34. The molecule has 4 saturated carbocycles. The number of hydrogen-bond acceptors (Lipinski definition) is 5. The third-order valence-electron chi connectivity index (χ3n) is 11.8. The fraction of sp³-hybridized carbons (Fsp3) is 0.963. The van der Waals surface area contributed by atoms with Gasteiger partial charge in [0.15, 0.2) is 11.6 Å². The van der Waals surface area contributed by atoms with Crippen molar-refractivity contribution in [3.63, 3.8) is 0 Å². The Morgan fingerprint density at radius 1 is 1.00 bits per heavy atom. The van der Waals surface area contributed by atoms with E-state index in [-0.39, 0.29) is 41.2 Å². The van der Waals surface area contributed by atoms with E-state index in [0.717, 1.165) is 58.0 Å². The molecule has 2 aliphatic heterocycles. The number of Topliss-reactive ketones (excluding diaryl/α,β-unsaturated/α-hetero) is 1. The predicted molar refractivity (Wildman–Crippen MR) is 120 cm³/mol. The Morgan fingerprint density at radius 3 is 2.50 bits per heavy atom. The van der Waals surface area contributed by atoms with Crippen LogP contribution in [-0.2, 0) is 14.3 Å². The lowest BCUT2D eigenvalue weighted by molar-refractivity contribution is -0.273. The highest BCUT2D eigenvalue weighted by Gasteiger charge is 2.73. The number of fused-ring (bicyclic) bond motifs is 7. The van der Waals surface area contributed by atoms with Crippen LogP contribution < -0.4 is 0 Å². The first-order valence-electron chi connectivity index (χ1n) is 13.3. The minimum Gasteiger partial charge on any atom is -0.393 e. The van der Waals surface area contributed by atoms with Crippen LogP contribution in [0.1, 0.15) is 79.1 Å². The molecule has 6 aliphatic rings. The van der Waals surface area contributed by atoms with Crippen LogP contribution in [0.25, 0.3) is 0 Å². The molecule has 0 amide bonds. The first kappa shape index (κ1) is 22.0. The highest BCUT2D eigenvalue weighted by molar-refractivity contribution is 5.88. The van der Waals surface area contributed by atoms with Crippen LogP contribution in [-0.4, -0.2) is 46.7 Å². The van der Waals surface area contributed by atoms with Crippen LogP contribution in [0.4, 0.5) is 0 Å². The van der Waals surface area contributed by atoms with E-state index >= 15 is 0 Å². The van der Waals surface area contributed by atoms with Crippen molar-refractivity contribution in [2.24, 2.45) is 52.3 Å². The smallest absolute Gasteiger partial charge is 0.171 e. The fourth-order valence-corrected chi connectivity index (χ4v) is 10.0. The van der Waals surface area contributed by atoms with Gasteiger partial charge >= 0.3 is 0 Å². The fourth-order valence-electron chi connectivity index (χ4n) is 10.0. The Labute approximate surface area is 192 Å². The monoisotopic (exact) mass is 446 g/mol. The Bertz CT molecular complexity index is 789. The standard InChI is InChI=1S/C27H42O5/c1-14-7-10-27(31-13-14)15(2)21-20(32-27)12-19-18-6-5-16-11-17(28)8-9-25(16,3)22(18)23(29)24(30)26(19,21)4/h14-22,24,28,30H,5-13H2,1-4H3/t14-,15-,16+,17+,18+,19+,20+,21+,22-,24-,25+,26+,27-/m1/s1. The van der Waals surface area contributed by atoms with E-state index < -0.39 is 17.3 Å². The largest absolute Gasteiger partial charge is 0.393 e. The lowest BCUT2D eigenvalue weighted by atomic mass is 9.43. The van der Waals surface area contributed by atoms with Crippen molar-refractivity contribution >= 4 is 5.78 Å². The highest BCUT2D eigenvalue weighted by atomic mass is 16.7. The molecule has 2 N–H and O–H groups in total. The van der Waals surface area contributed by atoms with E-state index in [1.165, 1.54) is 0 Å². The van der Waals surface area contributed by atoms with Gasteiger partial charge in [-0.2, -0.15) is 0 Å². The molecule has 180 valence electrons. The van der Waals surface area contributed by atoms with Gasteiger partial charge in [-0.3, -0.25) is 4.79 Å². The van der Waals surface area contributed by atoms with Gasteiger partial charge in [-0.1, -0.05) is 27.7 Å². The summed E-state index contributed by atoms with van der Waals surface area (Å²) in [5, 5.41) is 22.0. The van der Waals surface area contributed by atoms with Crippen LogP contribution in [0.5, 0.6) is 0 Å². The second-order valence-corrected chi connectivity index (χ2v) is 13.1. The van der Waals surface area contributed by atoms with Gasteiger partial charge < -0.3 is 19.7 Å². The molecule has 0 unspecified atom stereocenters. The maximum absolute atomic E-state index is 14.0. The van der Waals surface area contributed by atoms with Gasteiger partial charge in [0.25, 0.3) is 0 Å². The summed E-state index contributed by atoms with van der Waals surface area (Å²) in [7, 11) is 0. The van der Waals surface area contributed by atoms with Crippen molar-refractivity contribution in [2.75, 3.05) is 6.61 Å². The highest BCUT2D eigenvalue weighted by Crippen LogP contribution is 2.70. The SMILES string of the molecule is C[C@@H]1CC[C@@]2(OC1)O[C@H]1C[C@H]3[C@@H]4CC[C@H]5C[C@@H](O)CC[C@]5(C)[C@H]4C(=O)[C@@H](O)[C@]3(C)[C@H]1[C@H]2C. The number of carbonyl (C=O) groups is 1. The Hall–Kier alpha value is -0.490. The summed E-state index contributed by atoms with van der Waals surface area (Å²) in [5.41, 5.74) is -0.523. The van der Waals surface area contributed by atoms with Crippen LogP contribution >= 0.6 is 0 Å². The molecule has 2 saturated heterocycles. The molecule has 0 aromatic rings. The lowest BCUT2D eigenvalue weighted by Crippen LogP contribution is -2.64. The maximum Gasteiger partial charge on any atom is 0.171 e. The third-order valence-corrected chi connectivity index (χ3v) is 11.8. The molecule has 2 heterocycles. The summed E-state index contributed by atoms with van der Waals surface area (Å²) < 4.78 is 13.1. The molecule has 0 aromatic heterocycles. The van der Waals surface area contributed by atoms with E-state index in [1.54, 1.807) is 0 Å². The van der Waals surface area contributed by atoms with Gasteiger partial charge in [-0.05, 0) is 74.0 Å². The summed E-state index contributed by atoms with van der Waals surface area (Å²) in [4.78, 5) is 14.0. The zero-order chi connectivity index (χ0) is 22.6. The average molecular weight is 447 g/mol. The minimum atomic E-state index is -0.921. The Kier molecular flexibility index (Phi) is 4.83. The van der Waals surface area contributed by atoms with Crippen LogP contribution in [0.15, 0.2) is 0 Å². The number of hydrogen-bond donors (Lipinski definition) is 2. The summed E-state index contributed by atoms with van der Waals surface area (Å²) in [6.07, 6.45) is 6.54. The molecular formula is C27H42O5. The summed E-state index contributed by atoms with van der Waals surface area (Å²) in [6.45, 7) is 9.70. The van der Waals surface area contributed by atoms with Gasteiger partial charge in [0.05, 0.1) is 18.8 Å². The normalized spacial score (nSPS) is 61.8. The second kappa shape index (κ2) is 7.02. The molecule has 13 atom stereocenters. The molecule has 1 spiro atoms. The van der Waals surface area contributed by atoms with Crippen molar-refractivity contribution in [2.45, 2.75) is 103 Å². The molecular weight excluding hydrogens is 404 g/mol. The topological polar surface area (TPSA) is 76.0 Å². The molecule has 5 heteroatoms. The zero-order valence-corrected chi connectivity index (χ0v) is 20.3. The summed E-state index contributed by atoms with van der Waals surface area (Å²) >= 11 is 0. The van der Waals surface area contributed by atoms with Gasteiger partial charge in [0.1, 0.15) is 6.10 Å². The van der Waals surface area contributed by atoms with Crippen LogP contribution in [0, 0.1) is 52.3 Å². The van der Waals surface area contributed by atoms with Gasteiger partial charge in [0.2, 0.25) is 0 Å². The molecule has 0 radical (unpaired) electrons. The summed E-state index contributed by atoms with van der Waals surface area (Å²) in [6, 6.07) is 0. The zero-order valence-electron chi connectivity index (χ0n) is 20.3. The van der Waals surface area contributed by atoms with E-state index in [9.17, 15) is 15.0 Å². The number of carbonyl (C=O) groups excluding carboxylic acids is 1. The number of aliphatic hydroxyl groups is 2. The van der Waals surface area contributed by atoms with Crippen molar-refractivity contribution in [3.8, 4) is 0 Å². The Morgan fingerprint density at radius 2 is 1.78 bits per heavy atom. The molecule has 5 nitrogen and oxygen atoms in total. The van der Waals surface area contributed by atoms with Gasteiger partial charge in [0, 0.05) is 29.6 Å². The minimum absolute atomic E-state index is 0.0725. The van der Waals surface area contributed by atoms with Crippen LogP contribution in [0.3, 0.4) is 0 Å². The second-order valence-electron chi connectivity index (χ2n) is 13.1. The van der Waals surface area contributed by atoms with E-state index in [2.05, 4.69) is 27.7 Å². The molecule has 32 heavy (non-hydrogen) atoms. The maximum atomic E-state index is 14.0. The van der Waals surface area contributed by atoms with Crippen molar-refractivity contribution in [1.29, 1.82) is 0 Å². The third kappa shape index (κ3) is 2.63. The van der Waals surface area contributed by atoms with Crippen molar-refractivity contribution in [1.82, 2.24) is 0 Å². The number of ether oxygens (including phenoxy) is 2. The summed E-state index contributed by atoms with van der Waals surface area (Å²) in [5.74, 6) is 1.45. The molecule has 0 bridgehead atoms. The molecule has 6 fully saturated rings. The quantitative estimate of drug-likeness (QED) is 0.589. The molecule has 6 rings (SSSR count). The first-order chi connectivity index (χ1) is 15.1. The number of ketones is 1. The molecule has 4 aliphatic carbocycles. The number of rotatable bonds is 0. The average Bonchev–Trinajstić information content (AvgIpc) is 3.20. The van der Waals surface area contributed by atoms with Crippen LogP contribution in [0.2, 0.25) is 0 Å². The van der Waals surface area contributed by atoms with E-state index in [1.807, 2.05) is 0 Å².